The number of fused-ring (bicyclic) bond motifs is 7. The maximum absolute atomic E-state index is 6.69. The van der Waals surface area contributed by atoms with Gasteiger partial charge < -0.3 is 8.39 Å². The predicted molar refractivity (Wildman–Crippen MR) is 140 cm³/mol. The zero-order valence-corrected chi connectivity index (χ0v) is 19.8. The molecule has 1 fully saturated rings. The summed E-state index contributed by atoms with van der Waals surface area (Å²) in [7, 11) is 0.726. The zero-order chi connectivity index (χ0) is 22.5. The van der Waals surface area contributed by atoms with Crippen molar-refractivity contribution >= 4 is 51.6 Å². The molecule has 0 saturated heterocycles. The van der Waals surface area contributed by atoms with E-state index in [2.05, 4.69) is 118 Å². The van der Waals surface area contributed by atoms with Crippen LogP contribution >= 0.6 is 8.16 Å². The van der Waals surface area contributed by atoms with Gasteiger partial charge in [-0.3, -0.25) is 0 Å². The monoisotopic (exact) mass is 450 g/mol. The van der Waals surface area contributed by atoms with Crippen LogP contribution in [0.2, 0.25) is 0 Å². The molecule has 1 aliphatic carbocycles. The topological polar surface area (TPSA) is 29.5 Å². The molecule has 5 radical (unpaired) electrons. The second-order valence-electron chi connectivity index (χ2n) is 8.65. The van der Waals surface area contributed by atoms with Crippen molar-refractivity contribution in [2.75, 3.05) is 11.7 Å². The summed E-state index contributed by atoms with van der Waals surface area (Å²) in [6.07, 6.45) is 6.46. The average molecular weight is 450 g/mol. The second-order valence-corrected chi connectivity index (χ2v) is 10.1. The Morgan fingerprint density at radius 3 is 1.79 bits per heavy atom. The molecule has 163 valence electrons. The first-order chi connectivity index (χ1) is 16.1. The van der Waals surface area contributed by atoms with Crippen molar-refractivity contribution in [1.82, 2.24) is 0 Å². The molecule has 6 rings (SSSR count). The predicted octanol–water partition coefficient (Wildman–Crippen LogP) is 8.35. The van der Waals surface area contributed by atoms with Crippen LogP contribution in [0.4, 0.5) is 0 Å². The lowest BCUT2D eigenvalue weighted by atomic mass is 9.91. The van der Waals surface area contributed by atoms with E-state index in [1.54, 1.807) is 0 Å². The lowest BCUT2D eigenvalue weighted by Crippen LogP contribution is -2.33. The van der Waals surface area contributed by atoms with E-state index in [0.29, 0.717) is 0 Å². The summed E-state index contributed by atoms with van der Waals surface area (Å²) in [5.74, 6) is 2.59. The molecule has 1 heterocycles. The van der Waals surface area contributed by atoms with Crippen molar-refractivity contribution < 1.29 is 8.39 Å². The third-order valence-corrected chi connectivity index (χ3v) is 8.30. The molecular weight excluding hydrogens is 425 g/mol. The van der Waals surface area contributed by atoms with Crippen molar-refractivity contribution in [1.29, 1.82) is 0 Å². The van der Waals surface area contributed by atoms with Gasteiger partial charge >= 0.3 is 8.16 Å². The standard InChI is InChI=1S/C29H25NO2P/c1-19-9-8-14-23(19)20(2)30(3)33-31-26-17-15-21-10-4-6-12-24(21)28(26)29-25-13-7-5-11-22(25)16-18-27(29)32-33/h4-18,20H,1-3H3/t20-/m1/s1. The summed E-state index contributed by atoms with van der Waals surface area (Å²) in [6.45, 7) is 4.37. The average Bonchev–Trinajstić information content (AvgIpc) is 3.19. The van der Waals surface area contributed by atoms with Gasteiger partial charge in [-0.2, -0.15) is 0 Å². The Kier molecular flexibility index (Phi) is 5.20. The van der Waals surface area contributed by atoms with E-state index in [4.69, 9.17) is 8.39 Å². The molecule has 1 atom stereocenters. The highest BCUT2D eigenvalue weighted by Gasteiger charge is 2.34. The van der Waals surface area contributed by atoms with Crippen LogP contribution in [0, 0.1) is 31.1 Å². The first-order valence-electron chi connectivity index (χ1n) is 11.3. The first kappa shape index (κ1) is 20.8. The summed E-state index contributed by atoms with van der Waals surface area (Å²) in [5, 5.41) is 6.95. The normalized spacial score (nSPS) is 16.5. The fourth-order valence-electron chi connectivity index (χ4n) is 4.82. The molecule has 0 aliphatic heterocycles. The molecule has 0 unspecified atom stereocenters. The van der Waals surface area contributed by atoms with Gasteiger partial charge in [0.15, 0.2) is 0 Å². The Morgan fingerprint density at radius 1 is 0.727 bits per heavy atom. The molecule has 1 saturated carbocycles. The Morgan fingerprint density at radius 2 is 1.27 bits per heavy atom. The van der Waals surface area contributed by atoms with E-state index in [-0.39, 0.29) is 6.04 Å². The summed E-state index contributed by atoms with van der Waals surface area (Å²) < 4.78 is 15.6. The summed E-state index contributed by atoms with van der Waals surface area (Å²) in [4.78, 5) is 0. The Bertz CT molecular complexity index is 1420. The number of rotatable bonds is 3. The maximum Gasteiger partial charge on any atom is 0.309 e. The first-order valence-corrected chi connectivity index (χ1v) is 12.4. The number of hydrogen-bond donors (Lipinski definition) is 0. The smallest absolute Gasteiger partial charge is 0.309 e. The van der Waals surface area contributed by atoms with Crippen LogP contribution in [0.3, 0.4) is 0 Å². The lowest BCUT2D eigenvalue weighted by Gasteiger charge is -2.28. The van der Waals surface area contributed by atoms with Crippen molar-refractivity contribution in [3.63, 3.8) is 0 Å². The van der Waals surface area contributed by atoms with Crippen LogP contribution in [-0.4, -0.2) is 13.1 Å². The molecule has 33 heavy (non-hydrogen) atoms. The van der Waals surface area contributed by atoms with Crippen molar-refractivity contribution in [3.05, 3.63) is 104 Å². The Labute approximate surface area is 195 Å². The molecule has 5 aromatic rings. The minimum Gasteiger partial charge on any atom is -0.408 e. The highest BCUT2D eigenvalue weighted by atomic mass is 31.1. The molecule has 0 bridgehead atoms. The molecule has 4 aromatic carbocycles. The maximum atomic E-state index is 6.69. The summed E-state index contributed by atoms with van der Waals surface area (Å²) in [5.41, 5.74) is 1.74. The summed E-state index contributed by atoms with van der Waals surface area (Å²) >= 11 is 0. The quantitative estimate of drug-likeness (QED) is 0.277. The largest absolute Gasteiger partial charge is 0.408 e. The molecule has 1 aliphatic rings. The van der Waals surface area contributed by atoms with E-state index >= 15 is 0 Å². The Hall–Kier alpha value is -2.74. The number of benzene rings is 4. The Balaban J connectivity index is 1.70. The van der Waals surface area contributed by atoms with Crippen LogP contribution in [-0.2, 0) is 0 Å². The van der Waals surface area contributed by atoms with Gasteiger partial charge in [0, 0.05) is 29.8 Å². The third-order valence-electron chi connectivity index (χ3n) is 6.73. The SMILES string of the molecule is C[C]1[CH][CH][CH][C]1[C@@H](C)N(C)p1oc2ccc3ccccc3c2c2c(ccc3ccccc32)o1. The second kappa shape index (κ2) is 8.24. The van der Waals surface area contributed by atoms with Gasteiger partial charge in [-0.1, -0.05) is 67.6 Å². The van der Waals surface area contributed by atoms with E-state index in [1.165, 1.54) is 33.4 Å². The molecule has 1 aromatic heterocycles. The highest BCUT2D eigenvalue weighted by molar-refractivity contribution is 7.39. The van der Waals surface area contributed by atoms with E-state index in [1.807, 2.05) is 0 Å². The van der Waals surface area contributed by atoms with Crippen LogP contribution in [0.15, 0.2) is 81.2 Å². The van der Waals surface area contributed by atoms with Gasteiger partial charge in [0.25, 0.3) is 0 Å². The van der Waals surface area contributed by atoms with Gasteiger partial charge in [0.2, 0.25) is 0 Å². The molecule has 0 amide bonds. The molecular formula is C29H25NO2P. The van der Waals surface area contributed by atoms with Gasteiger partial charge in [0.1, 0.15) is 11.2 Å². The van der Waals surface area contributed by atoms with Crippen molar-refractivity contribution in [2.45, 2.75) is 19.9 Å². The molecule has 0 spiro atoms. The van der Waals surface area contributed by atoms with Crippen LogP contribution < -0.4 is 4.67 Å². The van der Waals surface area contributed by atoms with Gasteiger partial charge in [-0.05, 0) is 65.8 Å². The van der Waals surface area contributed by atoms with E-state index < -0.39 is 8.16 Å². The van der Waals surface area contributed by atoms with Crippen LogP contribution in [0.25, 0.3) is 43.5 Å². The molecule has 3 nitrogen and oxygen atoms in total. The van der Waals surface area contributed by atoms with Crippen LogP contribution in [0.5, 0.6) is 0 Å². The van der Waals surface area contributed by atoms with Crippen molar-refractivity contribution in [2.24, 2.45) is 0 Å². The van der Waals surface area contributed by atoms with Gasteiger partial charge in [0.05, 0.1) is 0 Å². The summed E-state index contributed by atoms with van der Waals surface area (Å²) in [6, 6.07) is 25.6. The minimum atomic E-state index is -1.37. The molecule has 4 heteroatoms. The van der Waals surface area contributed by atoms with Crippen molar-refractivity contribution in [3.8, 4) is 0 Å². The fraction of sp³-hybridized carbons (Fsp3) is 0.138. The van der Waals surface area contributed by atoms with Gasteiger partial charge in [-0.25, -0.2) is 4.67 Å². The van der Waals surface area contributed by atoms with Crippen LogP contribution in [0.1, 0.15) is 13.8 Å². The van der Waals surface area contributed by atoms with E-state index in [0.717, 1.165) is 21.9 Å². The van der Waals surface area contributed by atoms with E-state index in [9.17, 15) is 0 Å². The lowest BCUT2D eigenvalue weighted by molar-refractivity contribution is 0.611. The van der Waals surface area contributed by atoms with Gasteiger partial charge in [-0.15, -0.1) is 0 Å². The minimum absolute atomic E-state index is 0.164. The number of nitrogens with zero attached hydrogens (tertiary/aromatic N) is 1. The highest BCUT2D eigenvalue weighted by Crippen LogP contribution is 2.44. The molecule has 0 N–H and O–H groups in total. The number of hydrogen-bond acceptors (Lipinski definition) is 3. The zero-order valence-electron chi connectivity index (χ0n) is 18.9. The fourth-order valence-corrected chi connectivity index (χ4v) is 6.16. The third kappa shape index (κ3) is 3.46.